The zero-order valence-electron chi connectivity index (χ0n) is 6.18. The summed E-state index contributed by atoms with van der Waals surface area (Å²) in [6.07, 6.45) is 0. The van der Waals surface area contributed by atoms with E-state index in [1.165, 1.54) is 0 Å². The van der Waals surface area contributed by atoms with E-state index in [2.05, 4.69) is 0 Å². The molecule has 0 radical (unpaired) electrons. The van der Waals surface area contributed by atoms with E-state index < -0.39 is 13.9 Å². The van der Waals surface area contributed by atoms with Gasteiger partial charge in [-0.15, -0.1) is 0 Å². The van der Waals surface area contributed by atoms with Gasteiger partial charge in [0.2, 0.25) is 8.03 Å². The molecule has 0 saturated carbocycles. The standard InChI is InChI=1S/C7H9O3P.Cr/c8-7(11(9)10)6-4-2-1-3-5-6;/h1-5,7-8,11H,(H,9,10);. The number of rotatable bonds is 2. The quantitative estimate of drug-likeness (QED) is 0.740. The van der Waals surface area contributed by atoms with Gasteiger partial charge in [-0.25, -0.2) is 0 Å². The Kier molecular flexibility index (Phi) is 5.49. The van der Waals surface area contributed by atoms with E-state index in [9.17, 15) is 4.57 Å². The Hall–Kier alpha value is -0.0975. The van der Waals surface area contributed by atoms with Gasteiger partial charge in [-0.05, 0) is 5.56 Å². The van der Waals surface area contributed by atoms with Crippen molar-refractivity contribution in [3.63, 3.8) is 0 Å². The van der Waals surface area contributed by atoms with Gasteiger partial charge in [0, 0.05) is 17.4 Å². The predicted molar refractivity (Wildman–Crippen MR) is 42.6 cm³/mol. The first-order valence-electron chi connectivity index (χ1n) is 3.17. The van der Waals surface area contributed by atoms with Crippen LogP contribution >= 0.6 is 8.03 Å². The second-order valence-corrected chi connectivity index (χ2v) is 3.37. The van der Waals surface area contributed by atoms with Crippen molar-refractivity contribution in [2.45, 2.75) is 5.85 Å². The van der Waals surface area contributed by atoms with E-state index in [0.29, 0.717) is 5.56 Å². The minimum Gasteiger partial charge on any atom is -0.378 e. The third kappa shape index (κ3) is 3.10. The number of hydrogen-bond acceptors (Lipinski definition) is 2. The second-order valence-electron chi connectivity index (χ2n) is 2.15. The molecule has 1 aromatic rings. The van der Waals surface area contributed by atoms with Crippen molar-refractivity contribution >= 4 is 8.03 Å². The summed E-state index contributed by atoms with van der Waals surface area (Å²) in [7, 11) is -2.86. The Bertz CT molecular complexity index is 252. The molecule has 2 N–H and O–H groups in total. The Morgan fingerprint density at radius 2 is 1.75 bits per heavy atom. The smallest absolute Gasteiger partial charge is 0.221 e. The van der Waals surface area contributed by atoms with E-state index in [-0.39, 0.29) is 17.4 Å². The van der Waals surface area contributed by atoms with Gasteiger partial charge in [0.15, 0.2) is 5.85 Å². The first-order chi connectivity index (χ1) is 5.22. The summed E-state index contributed by atoms with van der Waals surface area (Å²) in [5.74, 6) is -1.22. The molecule has 0 aromatic heterocycles. The predicted octanol–water partition coefficient (Wildman–Crippen LogP) is 1.14. The number of hydrogen-bond donors (Lipinski definition) is 2. The largest absolute Gasteiger partial charge is 0.378 e. The summed E-state index contributed by atoms with van der Waals surface area (Å²) in [6, 6.07) is 8.43. The van der Waals surface area contributed by atoms with Crippen LogP contribution < -0.4 is 0 Å². The minimum absolute atomic E-state index is 0. The Morgan fingerprint density at radius 3 is 2.17 bits per heavy atom. The molecule has 1 rings (SSSR count). The summed E-state index contributed by atoms with van der Waals surface area (Å²) in [4.78, 5) is 8.57. The van der Waals surface area contributed by atoms with Crippen LogP contribution in [0.1, 0.15) is 11.4 Å². The second kappa shape index (κ2) is 5.53. The molecule has 0 bridgehead atoms. The van der Waals surface area contributed by atoms with Crippen molar-refractivity contribution in [3.05, 3.63) is 35.9 Å². The van der Waals surface area contributed by atoms with Crippen LogP contribution in [0, 0.1) is 0 Å². The van der Waals surface area contributed by atoms with Gasteiger partial charge in [0.1, 0.15) is 0 Å². The topological polar surface area (TPSA) is 57.5 Å². The van der Waals surface area contributed by atoms with E-state index in [1.807, 2.05) is 0 Å². The molecule has 0 spiro atoms. The van der Waals surface area contributed by atoms with Crippen LogP contribution in [0.4, 0.5) is 0 Å². The van der Waals surface area contributed by atoms with E-state index in [4.69, 9.17) is 10.00 Å². The molecule has 1 aromatic carbocycles. The maximum Gasteiger partial charge on any atom is 0.221 e. The van der Waals surface area contributed by atoms with Crippen LogP contribution in [0.3, 0.4) is 0 Å². The van der Waals surface area contributed by atoms with Gasteiger partial charge in [0.25, 0.3) is 0 Å². The van der Waals surface area contributed by atoms with Gasteiger partial charge in [-0.1, -0.05) is 30.3 Å². The first-order valence-corrected chi connectivity index (χ1v) is 4.61. The van der Waals surface area contributed by atoms with Gasteiger partial charge in [-0.2, -0.15) is 0 Å². The van der Waals surface area contributed by atoms with Crippen molar-refractivity contribution in [1.82, 2.24) is 0 Å². The Balaban J connectivity index is 0.00000121. The molecular formula is C7H9CrO3P. The zero-order valence-corrected chi connectivity index (χ0v) is 8.45. The maximum atomic E-state index is 10.4. The van der Waals surface area contributed by atoms with Gasteiger partial charge in [-0.3, -0.25) is 4.57 Å². The molecular weight excluding hydrogens is 215 g/mol. The molecule has 3 nitrogen and oxygen atoms in total. The fraction of sp³-hybridized carbons (Fsp3) is 0.143. The average Bonchev–Trinajstić information content (AvgIpc) is 2.05. The van der Waals surface area contributed by atoms with Gasteiger partial charge < -0.3 is 10.00 Å². The van der Waals surface area contributed by atoms with Crippen molar-refractivity contribution in [2.24, 2.45) is 0 Å². The zero-order chi connectivity index (χ0) is 8.27. The van der Waals surface area contributed by atoms with Crippen LogP contribution in [0.25, 0.3) is 0 Å². The summed E-state index contributed by atoms with van der Waals surface area (Å²) < 4.78 is 10.4. The minimum atomic E-state index is -2.86. The van der Waals surface area contributed by atoms with Gasteiger partial charge in [0.05, 0.1) is 0 Å². The number of aliphatic hydroxyl groups excluding tert-OH is 1. The van der Waals surface area contributed by atoms with Crippen LogP contribution in [-0.4, -0.2) is 10.00 Å². The monoisotopic (exact) mass is 224 g/mol. The van der Waals surface area contributed by atoms with E-state index in [1.54, 1.807) is 30.3 Å². The first kappa shape index (κ1) is 11.9. The van der Waals surface area contributed by atoms with Gasteiger partial charge >= 0.3 is 0 Å². The molecule has 0 aliphatic rings. The third-order valence-electron chi connectivity index (χ3n) is 1.35. The van der Waals surface area contributed by atoms with Crippen LogP contribution in [0.15, 0.2) is 30.3 Å². The summed E-state index contributed by atoms with van der Waals surface area (Å²) in [5, 5.41) is 9.08. The molecule has 5 heteroatoms. The van der Waals surface area contributed by atoms with E-state index >= 15 is 0 Å². The van der Waals surface area contributed by atoms with Crippen LogP contribution in [0.2, 0.25) is 0 Å². The molecule has 0 aliphatic carbocycles. The summed E-state index contributed by atoms with van der Waals surface area (Å²) in [6.45, 7) is 0. The SMILES string of the molecule is O=[PH](O)C(O)c1ccccc1.[Cr]. The molecule has 0 heterocycles. The molecule has 2 unspecified atom stereocenters. The molecule has 0 saturated heterocycles. The fourth-order valence-corrected chi connectivity index (χ4v) is 1.26. The molecule has 0 amide bonds. The van der Waals surface area contributed by atoms with Crippen LogP contribution in [0.5, 0.6) is 0 Å². The van der Waals surface area contributed by atoms with Crippen molar-refractivity contribution < 1.29 is 31.9 Å². The van der Waals surface area contributed by atoms with Crippen molar-refractivity contribution in [3.8, 4) is 0 Å². The van der Waals surface area contributed by atoms with E-state index in [0.717, 1.165) is 0 Å². The number of benzene rings is 1. The molecule has 12 heavy (non-hydrogen) atoms. The normalized spacial score (nSPS) is 14.5. The summed E-state index contributed by atoms with van der Waals surface area (Å²) >= 11 is 0. The molecule has 2 atom stereocenters. The Labute approximate surface area is 82.0 Å². The molecule has 66 valence electrons. The molecule has 0 aliphatic heterocycles. The summed E-state index contributed by atoms with van der Waals surface area (Å²) in [5.41, 5.74) is 0.485. The van der Waals surface area contributed by atoms with Crippen molar-refractivity contribution in [2.75, 3.05) is 0 Å². The fourth-order valence-electron chi connectivity index (χ4n) is 0.778. The maximum absolute atomic E-state index is 10.4. The Morgan fingerprint density at radius 1 is 1.25 bits per heavy atom. The molecule has 0 fully saturated rings. The number of aliphatic hydroxyl groups is 1. The van der Waals surface area contributed by atoms with Crippen molar-refractivity contribution in [1.29, 1.82) is 0 Å². The average molecular weight is 224 g/mol. The third-order valence-corrected chi connectivity index (χ3v) is 2.15. The van der Waals surface area contributed by atoms with Crippen LogP contribution in [-0.2, 0) is 21.9 Å².